The van der Waals surface area contributed by atoms with Crippen molar-refractivity contribution in [3.05, 3.63) is 64.2 Å². The summed E-state index contributed by atoms with van der Waals surface area (Å²) in [6.45, 7) is 6.21. The highest BCUT2D eigenvalue weighted by molar-refractivity contribution is 6.04. The molecule has 0 aromatic heterocycles. The van der Waals surface area contributed by atoms with E-state index in [1.807, 2.05) is 12.1 Å². The van der Waals surface area contributed by atoms with E-state index < -0.39 is 0 Å². The normalized spacial score (nSPS) is 13.4. The lowest BCUT2D eigenvalue weighted by Gasteiger charge is -2.25. The maximum absolute atomic E-state index is 12.6. The second kappa shape index (κ2) is 9.03. The number of amides is 1. The van der Waals surface area contributed by atoms with Crippen LogP contribution in [0.2, 0.25) is 0 Å². The predicted octanol–water partition coefficient (Wildman–Crippen LogP) is 4.42. The summed E-state index contributed by atoms with van der Waals surface area (Å²) in [6, 6.07) is 13.7. The summed E-state index contributed by atoms with van der Waals surface area (Å²) in [5.74, 6) is 0.289. The Morgan fingerprint density at radius 1 is 1.22 bits per heavy atom. The molecule has 2 aromatic carbocycles. The molecular weight excluding hydrogens is 358 g/mol. The molecule has 1 aliphatic heterocycles. The van der Waals surface area contributed by atoms with Crippen LogP contribution in [0.5, 0.6) is 0 Å². The Morgan fingerprint density at radius 3 is 2.70 bits per heavy atom. The third-order valence-corrected chi connectivity index (χ3v) is 4.79. The first-order valence-corrected chi connectivity index (χ1v) is 9.11. The van der Waals surface area contributed by atoms with Crippen molar-refractivity contribution < 1.29 is 4.79 Å². The standard InChI is InChI=1S/C22H25N3O.ClH/c1-15(2)10-17-4-5-18(11-19(17)13-23)22(26)24-21-7-6-16-8-9-25(3)14-20(16)12-21;/h4-7,11-12,15H,8-10,14H2,1-3H3,(H,24,26);1H. The third-order valence-electron chi connectivity index (χ3n) is 4.79. The Balaban J connectivity index is 0.00000261. The Hall–Kier alpha value is -2.35. The van der Waals surface area contributed by atoms with Crippen molar-refractivity contribution in [2.24, 2.45) is 5.92 Å². The van der Waals surface area contributed by atoms with Gasteiger partial charge < -0.3 is 10.2 Å². The predicted molar refractivity (Wildman–Crippen MR) is 111 cm³/mol. The quantitative estimate of drug-likeness (QED) is 0.850. The van der Waals surface area contributed by atoms with E-state index in [1.165, 1.54) is 11.1 Å². The minimum atomic E-state index is -0.179. The van der Waals surface area contributed by atoms with Gasteiger partial charge in [-0.1, -0.05) is 26.0 Å². The number of anilines is 1. The van der Waals surface area contributed by atoms with Crippen LogP contribution >= 0.6 is 12.4 Å². The van der Waals surface area contributed by atoms with Gasteiger partial charge in [0.25, 0.3) is 5.91 Å². The smallest absolute Gasteiger partial charge is 0.255 e. The molecule has 5 heteroatoms. The molecule has 0 atom stereocenters. The molecule has 1 aliphatic rings. The van der Waals surface area contributed by atoms with Gasteiger partial charge in [0.2, 0.25) is 0 Å². The lowest BCUT2D eigenvalue weighted by atomic mass is 9.96. The number of carbonyl (C=O) groups is 1. The van der Waals surface area contributed by atoms with Crippen molar-refractivity contribution in [3.8, 4) is 6.07 Å². The highest BCUT2D eigenvalue weighted by Crippen LogP contribution is 2.23. The number of fused-ring (bicyclic) bond motifs is 1. The van der Waals surface area contributed by atoms with E-state index in [2.05, 4.69) is 49.3 Å². The van der Waals surface area contributed by atoms with Gasteiger partial charge in [0.15, 0.2) is 0 Å². The van der Waals surface area contributed by atoms with Gasteiger partial charge in [0, 0.05) is 24.3 Å². The Labute approximate surface area is 167 Å². The minimum Gasteiger partial charge on any atom is -0.322 e. The van der Waals surface area contributed by atoms with Gasteiger partial charge in [-0.15, -0.1) is 12.4 Å². The number of nitrogens with zero attached hydrogens (tertiary/aromatic N) is 2. The lowest BCUT2D eigenvalue weighted by molar-refractivity contribution is 0.102. The fourth-order valence-corrected chi connectivity index (χ4v) is 3.42. The van der Waals surface area contributed by atoms with Gasteiger partial charge in [-0.25, -0.2) is 0 Å². The summed E-state index contributed by atoms with van der Waals surface area (Å²) in [7, 11) is 2.11. The molecule has 0 bridgehead atoms. The number of nitriles is 1. The first-order chi connectivity index (χ1) is 12.5. The fourth-order valence-electron chi connectivity index (χ4n) is 3.42. The molecule has 0 aliphatic carbocycles. The molecule has 1 amide bonds. The first kappa shape index (κ1) is 21.0. The monoisotopic (exact) mass is 383 g/mol. The molecule has 0 unspecified atom stereocenters. The van der Waals surface area contributed by atoms with E-state index >= 15 is 0 Å². The van der Waals surface area contributed by atoms with Gasteiger partial charge in [-0.3, -0.25) is 4.79 Å². The number of nitrogens with one attached hydrogen (secondary N) is 1. The van der Waals surface area contributed by atoms with E-state index in [9.17, 15) is 10.1 Å². The summed E-state index contributed by atoms with van der Waals surface area (Å²) >= 11 is 0. The molecule has 27 heavy (non-hydrogen) atoms. The molecule has 1 heterocycles. The minimum absolute atomic E-state index is 0. The van der Waals surface area contributed by atoms with Crippen LogP contribution < -0.4 is 5.32 Å². The van der Waals surface area contributed by atoms with Crippen molar-refractivity contribution in [2.75, 3.05) is 18.9 Å². The molecule has 142 valence electrons. The van der Waals surface area contributed by atoms with Gasteiger partial charge in [0.1, 0.15) is 0 Å². The van der Waals surface area contributed by atoms with Crippen LogP contribution in [0.25, 0.3) is 0 Å². The maximum Gasteiger partial charge on any atom is 0.255 e. The summed E-state index contributed by atoms with van der Waals surface area (Å²) in [5.41, 5.74) is 5.51. The summed E-state index contributed by atoms with van der Waals surface area (Å²) in [6.07, 6.45) is 1.88. The van der Waals surface area contributed by atoms with E-state index in [0.29, 0.717) is 17.0 Å². The van der Waals surface area contributed by atoms with Gasteiger partial charge in [-0.2, -0.15) is 5.26 Å². The number of halogens is 1. The largest absolute Gasteiger partial charge is 0.322 e. The number of hydrogen-bond acceptors (Lipinski definition) is 3. The average Bonchev–Trinajstić information content (AvgIpc) is 2.61. The molecule has 0 radical (unpaired) electrons. The van der Waals surface area contributed by atoms with Gasteiger partial charge in [-0.05, 0) is 66.8 Å². The molecule has 0 fully saturated rings. The zero-order chi connectivity index (χ0) is 18.7. The molecule has 4 nitrogen and oxygen atoms in total. The number of carbonyl (C=O) groups excluding carboxylic acids is 1. The van der Waals surface area contributed by atoms with Crippen molar-refractivity contribution in [2.45, 2.75) is 33.2 Å². The maximum atomic E-state index is 12.6. The SMILES string of the molecule is CC(C)Cc1ccc(C(=O)Nc2ccc3c(c2)CN(C)CC3)cc1C#N.Cl. The van der Waals surface area contributed by atoms with Crippen LogP contribution in [0, 0.1) is 17.2 Å². The second-order valence-corrected chi connectivity index (χ2v) is 7.51. The summed E-state index contributed by atoms with van der Waals surface area (Å²) in [4.78, 5) is 14.9. The Bertz CT molecular complexity index is 870. The molecular formula is C22H26ClN3O. The summed E-state index contributed by atoms with van der Waals surface area (Å²) in [5, 5.41) is 12.4. The van der Waals surface area contributed by atoms with Crippen LogP contribution in [0.15, 0.2) is 36.4 Å². The van der Waals surface area contributed by atoms with Crippen LogP contribution in [0.1, 0.15) is 46.5 Å². The molecule has 1 N–H and O–H groups in total. The summed E-state index contributed by atoms with van der Waals surface area (Å²) < 4.78 is 0. The zero-order valence-electron chi connectivity index (χ0n) is 16.1. The third kappa shape index (κ3) is 5.09. The first-order valence-electron chi connectivity index (χ1n) is 9.11. The lowest BCUT2D eigenvalue weighted by Crippen LogP contribution is -2.26. The Morgan fingerprint density at radius 2 is 2.00 bits per heavy atom. The average molecular weight is 384 g/mol. The van der Waals surface area contributed by atoms with E-state index in [-0.39, 0.29) is 18.3 Å². The van der Waals surface area contributed by atoms with E-state index in [1.54, 1.807) is 12.1 Å². The molecule has 0 spiro atoms. The van der Waals surface area contributed by atoms with Gasteiger partial charge >= 0.3 is 0 Å². The Kier molecular flexibility index (Phi) is 7.01. The van der Waals surface area contributed by atoms with Crippen molar-refractivity contribution >= 4 is 24.0 Å². The van der Waals surface area contributed by atoms with Crippen molar-refractivity contribution in [1.82, 2.24) is 4.90 Å². The number of hydrogen-bond donors (Lipinski definition) is 1. The van der Waals surface area contributed by atoms with Crippen molar-refractivity contribution in [1.29, 1.82) is 5.26 Å². The van der Waals surface area contributed by atoms with Crippen LogP contribution in [-0.4, -0.2) is 24.4 Å². The van der Waals surface area contributed by atoms with Crippen molar-refractivity contribution in [3.63, 3.8) is 0 Å². The highest BCUT2D eigenvalue weighted by Gasteiger charge is 2.15. The van der Waals surface area contributed by atoms with Gasteiger partial charge in [0.05, 0.1) is 11.6 Å². The van der Waals surface area contributed by atoms with Crippen LogP contribution in [-0.2, 0) is 19.4 Å². The molecule has 3 rings (SSSR count). The topological polar surface area (TPSA) is 56.1 Å². The molecule has 2 aromatic rings. The number of benzene rings is 2. The number of likely N-dealkylation sites (N-methyl/N-ethyl adjacent to an activating group) is 1. The zero-order valence-corrected chi connectivity index (χ0v) is 16.9. The van der Waals surface area contributed by atoms with Crippen LogP contribution in [0.3, 0.4) is 0 Å². The van der Waals surface area contributed by atoms with E-state index in [4.69, 9.17) is 0 Å². The molecule has 0 saturated heterocycles. The second-order valence-electron chi connectivity index (χ2n) is 7.51. The van der Waals surface area contributed by atoms with E-state index in [0.717, 1.165) is 37.2 Å². The molecule has 0 saturated carbocycles. The number of rotatable bonds is 4. The highest BCUT2D eigenvalue weighted by atomic mass is 35.5. The fraction of sp³-hybridized carbons (Fsp3) is 0.364. The van der Waals surface area contributed by atoms with Crippen LogP contribution in [0.4, 0.5) is 5.69 Å².